The summed E-state index contributed by atoms with van der Waals surface area (Å²) in [6.07, 6.45) is 4.90. The van der Waals surface area contributed by atoms with Crippen molar-refractivity contribution in [2.45, 2.75) is 30.2 Å². The third-order valence-electron chi connectivity index (χ3n) is 7.50. The Labute approximate surface area is 235 Å². The molecule has 0 N–H and O–H groups in total. The highest BCUT2D eigenvalue weighted by Crippen LogP contribution is 2.45. The highest BCUT2D eigenvalue weighted by Gasteiger charge is 2.44. The van der Waals surface area contributed by atoms with Crippen LogP contribution in [0.25, 0.3) is 6.08 Å². The lowest BCUT2D eigenvalue weighted by Crippen LogP contribution is -2.32. The molecule has 0 bridgehead atoms. The second-order valence-corrected chi connectivity index (χ2v) is 12.3. The van der Waals surface area contributed by atoms with E-state index in [-0.39, 0.29) is 22.8 Å². The molecule has 40 heavy (non-hydrogen) atoms. The van der Waals surface area contributed by atoms with Gasteiger partial charge in [0.2, 0.25) is 10.0 Å². The molecule has 0 spiro atoms. The number of ether oxygens (including phenoxy) is 2. The zero-order chi connectivity index (χ0) is 28.4. The SMILES string of the molecule is COc1ccc(/C=C2/CCC[C@@H]3C2=NN(C(=O)c2ccc(S(=O)(=O)N(C)C)cc2)[C@@H]3c2ccc(OC)cc2)cc1. The van der Waals surface area contributed by atoms with Crippen molar-refractivity contribution in [1.29, 1.82) is 0 Å². The van der Waals surface area contributed by atoms with Crippen LogP contribution in [0.3, 0.4) is 0 Å². The normalized spacial score (nSPS) is 19.9. The highest BCUT2D eigenvalue weighted by molar-refractivity contribution is 7.89. The fourth-order valence-electron chi connectivity index (χ4n) is 5.32. The van der Waals surface area contributed by atoms with E-state index >= 15 is 0 Å². The molecule has 0 radical (unpaired) electrons. The van der Waals surface area contributed by atoms with Crippen LogP contribution in [0.4, 0.5) is 0 Å². The van der Waals surface area contributed by atoms with Gasteiger partial charge in [-0.3, -0.25) is 4.79 Å². The van der Waals surface area contributed by atoms with Crippen molar-refractivity contribution < 1.29 is 22.7 Å². The van der Waals surface area contributed by atoms with Crippen LogP contribution in [-0.4, -0.2) is 57.7 Å². The van der Waals surface area contributed by atoms with Gasteiger partial charge in [-0.25, -0.2) is 17.7 Å². The number of fused-ring (bicyclic) bond motifs is 1. The molecule has 2 aliphatic rings. The number of nitrogens with zero attached hydrogens (tertiary/aromatic N) is 3. The Morgan fingerprint density at radius 3 is 2.10 bits per heavy atom. The number of rotatable bonds is 7. The summed E-state index contributed by atoms with van der Waals surface area (Å²) >= 11 is 0. The van der Waals surface area contributed by atoms with Gasteiger partial charge in [-0.2, -0.15) is 5.10 Å². The van der Waals surface area contributed by atoms with Crippen molar-refractivity contribution in [3.05, 3.63) is 95.1 Å². The Bertz CT molecular complexity index is 1540. The molecule has 0 unspecified atom stereocenters. The first kappa shape index (κ1) is 27.6. The summed E-state index contributed by atoms with van der Waals surface area (Å²) in [6, 6.07) is 21.4. The number of carbonyl (C=O) groups excluding carboxylic acids is 1. The molecule has 0 aromatic heterocycles. The maximum atomic E-state index is 13.9. The zero-order valence-electron chi connectivity index (χ0n) is 23.1. The molecule has 8 nitrogen and oxygen atoms in total. The van der Waals surface area contributed by atoms with Gasteiger partial charge in [0, 0.05) is 25.6 Å². The monoisotopic (exact) mass is 559 g/mol. The Kier molecular flexibility index (Phi) is 7.78. The largest absolute Gasteiger partial charge is 0.497 e. The predicted octanol–water partition coefficient (Wildman–Crippen LogP) is 5.39. The third-order valence-corrected chi connectivity index (χ3v) is 9.33. The van der Waals surface area contributed by atoms with E-state index in [9.17, 15) is 13.2 Å². The Morgan fingerprint density at radius 1 is 0.925 bits per heavy atom. The van der Waals surface area contributed by atoms with Crippen LogP contribution in [0.2, 0.25) is 0 Å². The van der Waals surface area contributed by atoms with E-state index in [0.717, 1.165) is 57.5 Å². The van der Waals surface area contributed by atoms with Gasteiger partial charge in [-0.05, 0) is 90.6 Å². The smallest absolute Gasteiger partial charge is 0.274 e. The maximum absolute atomic E-state index is 13.9. The van der Waals surface area contributed by atoms with Gasteiger partial charge in [0.25, 0.3) is 5.91 Å². The molecule has 5 rings (SSSR count). The summed E-state index contributed by atoms with van der Waals surface area (Å²) in [5.74, 6) is 1.29. The van der Waals surface area contributed by atoms with Crippen LogP contribution in [0, 0.1) is 5.92 Å². The fourth-order valence-corrected chi connectivity index (χ4v) is 6.22. The van der Waals surface area contributed by atoms with Crippen molar-refractivity contribution in [3.8, 4) is 11.5 Å². The molecule has 3 aromatic rings. The first-order valence-corrected chi connectivity index (χ1v) is 14.6. The summed E-state index contributed by atoms with van der Waals surface area (Å²) in [6.45, 7) is 0. The van der Waals surface area contributed by atoms with E-state index in [4.69, 9.17) is 14.6 Å². The zero-order valence-corrected chi connectivity index (χ0v) is 23.9. The van der Waals surface area contributed by atoms with Crippen molar-refractivity contribution in [2.24, 2.45) is 11.0 Å². The van der Waals surface area contributed by atoms with Crippen LogP contribution in [0.15, 0.2) is 88.4 Å². The van der Waals surface area contributed by atoms with Crippen LogP contribution >= 0.6 is 0 Å². The molecule has 9 heteroatoms. The molecular formula is C31H33N3O5S. The second-order valence-electron chi connectivity index (χ2n) is 10.1. The van der Waals surface area contributed by atoms with Crippen molar-refractivity contribution in [1.82, 2.24) is 9.31 Å². The summed E-state index contributed by atoms with van der Waals surface area (Å²) in [4.78, 5) is 14.1. The quantitative estimate of drug-likeness (QED) is 0.387. The fraction of sp³-hybridized carbons (Fsp3) is 0.290. The number of allylic oxidation sites excluding steroid dienone is 1. The lowest BCUT2D eigenvalue weighted by molar-refractivity contribution is 0.0680. The van der Waals surface area contributed by atoms with E-state index in [1.54, 1.807) is 31.4 Å². The summed E-state index contributed by atoms with van der Waals surface area (Å²) < 4.78 is 36.9. The molecule has 1 aliphatic carbocycles. The molecule has 1 aliphatic heterocycles. The second kappa shape index (κ2) is 11.3. The summed E-state index contributed by atoms with van der Waals surface area (Å²) in [5, 5.41) is 6.52. The predicted molar refractivity (Wildman–Crippen MR) is 155 cm³/mol. The standard InChI is InChI=1S/C31H33N3O5S/c1-33(2)40(36,37)27-18-12-23(13-19-27)31(35)34-30(22-10-16-26(39-4)17-11-22)28-7-5-6-24(29(28)32-34)20-21-8-14-25(38-3)15-9-21/h8-20,28,30H,5-7H2,1-4H3/b24-20-/t28-,30-/m1/s1. The van der Waals surface area contributed by atoms with E-state index in [2.05, 4.69) is 6.08 Å². The Hall–Kier alpha value is -3.95. The molecule has 1 heterocycles. The molecule has 1 fully saturated rings. The minimum Gasteiger partial charge on any atom is -0.497 e. The molecule has 208 valence electrons. The maximum Gasteiger partial charge on any atom is 0.274 e. The third kappa shape index (κ3) is 5.26. The summed E-state index contributed by atoms with van der Waals surface area (Å²) in [7, 11) is 2.62. The van der Waals surface area contributed by atoms with Gasteiger partial charge in [0.1, 0.15) is 11.5 Å². The number of amides is 1. The van der Waals surface area contributed by atoms with Crippen molar-refractivity contribution in [3.63, 3.8) is 0 Å². The van der Waals surface area contributed by atoms with E-state index in [1.807, 2.05) is 48.5 Å². The first-order valence-electron chi connectivity index (χ1n) is 13.2. The average Bonchev–Trinajstić information content (AvgIpc) is 3.38. The number of carbonyl (C=O) groups is 1. The molecule has 0 saturated heterocycles. The van der Waals surface area contributed by atoms with Gasteiger partial charge in [-0.15, -0.1) is 0 Å². The lowest BCUT2D eigenvalue weighted by Gasteiger charge is -2.29. The van der Waals surface area contributed by atoms with Crippen LogP contribution < -0.4 is 9.47 Å². The number of hydrogen-bond donors (Lipinski definition) is 0. The molecule has 1 amide bonds. The van der Waals surface area contributed by atoms with Crippen molar-refractivity contribution >= 4 is 27.7 Å². The van der Waals surface area contributed by atoms with Gasteiger partial charge in [0.15, 0.2) is 0 Å². The molecule has 3 aromatic carbocycles. The first-order chi connectivity index (χ1) is 19.2. The Balaban J connectivity index is 1.53. The van der Waals surface area contributed by atoms with Crippen molar-refractivity contribution in [2.75, 3.05) is 28.3 Å². The minimum atomic E-state index is -3.60. The number of hydrazone groups is 1. The number of methoxy groups -OCH3 is 2. The van der Waals surface area contributed by atoms with E-state index < -0.39 is 10.0 Å². The average molecular weight is 560 g/mol. The number of hydrogen-bond acceptors (Lipinski definition) is 6. The van der Waals surface area contributed by atoms with Crippen LogP contribution in [0.5, 0.6) is 11.5 Å². The van der Waals surface area contributed by atoms with Gasteiger partial charge in [0.05, 0.1) is 30.9 Å². The minimum absolute atomic E-state index is 0.0315. The molecule has 2 atom stereocenters. The van der Waals surface area contributed by atoms with Gasteiger partial charge < -0.3 is 9.47 Å². The van der Waals surface area contributed by atoms with Crippen LogP contribution in [-0.2, 0) is 10.0 Å². The van der Waals surface area contributed by atoms with Gasteiger partial charge in [-0.1, -0.05) is 24.3 Å². The molecular weight excluding hydrogens is 526 g/mol. The Morgan fingerprint density at radius 2 is 1.52 bits per heavy atom. The number of benzene rings is 3. The summed E-state index contributed by atoms with van der Waals surface area (Å²) in [5.41, 5.74) is 4.42. The number of sulfonamides is 1. The lowest BCUT2D eigenvalue weighted by atomic mass is 9.77. The van der Waals surface area contributed by atoms with Gasteiger partial charge >= 0.3 is 0 Å². The van der Waals surface area contributed by atoms with E-state index in [1.165, 1.54) is 26.2 Å². The highest BCUT2D eigenvalue weighted by atomic mass is 32.2. The van der Waals surface area contributed by atoms with E-state index in [0.29, 0.717) is 5.56 Å². The topological polar surface area (TPSA) is 88.5 Å². The van der Waals surface area contributed by atoms with Crippen LogP contribution in [0.1, 0.15) is 46.8 Å². The molecule has 1 saturated carbocycles.